The molecular formula is C28H25IN2O6S. The standard InChI is InChI=1S/C28H25IN2O6S/c1-4-13-36-20-8-6-7-18(15-20)23(32)21-22(17-9-11-19(29)12-10-17)31(26(34)24(21)33)28-30-16(3)25(38-28)27(35)37-14-5-2/h5-12,15,22,32H,2,4,13-14H2,1,3H3. The third-order valence-corrected chi connectivity index (χ3v) is 7.58. The highest BCUT2D eigenvalue weighted by molar-refractivity contribution is 14.1. The van der Waals surface area contributed by atoms with Crippen molar-refractivity contribution in [2.75, 3.05) is 18.1 Å². The summed E-state index contributed by atoms with van der Waals surface area (Å²) in [6, 6.07) is 13.1. The van der Waals surface area contributed by atoms with Crippen LogP contribution in [0.15, 0.2) is 66.8 Å². The number of hydrogen-bond acceptors (Lipinski definition) is 8. The van der Waals surface area contributed by atoms with Crippen molar-refractivity contribution >= 4 is 62.5 Å². The van der Waals surface area contributed by atoms with Crippen LogP contribution in [-0.2, 0) is 14.3 Å². The number of carbonyl (C=O) groups is 3. The number of carbonyl (C=O) groups excluding carboxylic acids is 3. The maximum atomic E-state index is 13.4. The molecule has 0 saturated carbocycles. The van der Waals surface area contributed by atoms with Gasteiger partial charge in [0, 0.05) is 9.13 Å². The first kappa shape index (κ1) is 27.5. The van der Waals surface area contributed by atoms with Gasteiger partial charge in [0.15, 0.2) is 5.13 Å². The van der Waals surface area contributed by atoms with E-state index in [1.807, 2.05) is 19.1 Å². The van der Waals surface area contributed by atoms with Gasteiger partial charge < -0.3 is 14.6 Å². The fraction of sp³-hybridized carbons (Fsp3) is 0.214. The molecule has 0 aliphatic carbocycles. The number of hydrogen-bond donors (Lipinski definition) is 1. The summed E-state index contributed by atoms with van der Waals surface area (Å²) in [5.41, 5.74) is 1.24. The number of rotatable bonds is 9. The molecule has 4 rings (SSSR count). The normalized spacial score (nSPS) is 16.5. The number of thiazole rings is 1. The number of amides is 1. The van der Waals surface area contributed by atoms with E-state index in [2.05, 4.69) is 34.2 Å². The lowest BCUT2D eigenvalue weighted by Gasteiger charge is -2.23. The topological polar surface area (TPSA) is 106 Å². The van der Waals surface area contributed by atoms with Gasteiger partial charge >= 0.3 is 11.9 Å². The number of aromatic nitrogens is 1. The third kappa shape index (κ3) is 5.51. The van der Waals surface area contributed by atoms with Crippen LogP contribution < -0.4 is 9.64 Å². The Labute approximate surface area is 237 Å². The van der Waals surface area contributed by atoms with Crippen LogP contribution in [0.4, 0.5) is 5.13 Å². The first-order valence-corrected chi connectivity index (χ1v) is 13.7. The van der Waals surface area contributed by atoms with E-state index in [1.54, 1.807) is 43.3 Å². The fourth-order valence-corrected chi connectivity index (χ4v) is 5.32. The number of ketones is 1. The fourth-order valence-electron chi connectivity index (χ4n) is 3.97. The van der Waals surface area contributed by atoms with Gasteiger partial charge in [-0.1, -0.05) is 55.2 Å². The van der Waals surface area contributed by atoms with Crippen LogP contribution in [-0.4, -0.2) is 41.0 Å². The molecule has 1 N–H and O–H groups in total. The summed E-state index contributed by atoms with van der Waals surface area (Å²) in [5, 5.41) is 11.5. The highest BCUT2D eigenvalue weighted by atomic mass is 127. The van der Waals surface area contributed by atoms with E-state index < -0.39 is 23.7 Å². The van der Waals surface area contributed by atoms with E-state index in [4.69, 9.17) is 9.47 Å². The van der Waals surface area contributed by atoms with E-state index in [0.717, 1.165) is 21.3 Å². The van der Waals surface area contributed by atoms with E-state index in [1.165, 1.54) is 11.0 Å². The highest BCUT2D eigenvalue weighted by Crippen LogP contribution is 2.44. The second-order valence-electron chi connectivity index (χ2n) is 8.40. The Morgan fingerprint density at radius 1 is 1.24 bits per heavy atom. The number of benzene rings is 2. The van der Waals surface area contributed by atoms with E-state index in [9.17, 15) is 19.5 Å². The number of nitrogens with zero attached hydrogens (tertiary/aromatic N) is 2. The first-order chi connectivity index (χ1) is 18.3. The van der Waals surface area contributed by atoms with Crippen LogP contribution in [0.25, 0.3) is 5.76 Å². The Balaban J connectivity index is 1.85. The average Bonchev–Trinajstić information content (AvgIpc) is 3.42. The highest BCUT2D eigenvalue weighted by Gasteiger charge is 2.48. The smallest absolute Gasteiger partial charge is 0.350 e. The Morgan fingerprint density at radius 3 is 2.66 bits per heavy atom. The van der Waals surface area contributed by atoms with Crippen molar-refractivity contribution in [3.63, 3.8) is 0 Å². The zero-order valence-corrected chi connectivity index (χ0v) is 23.7. The number of halogens is 1. The molecule has 1 aromatic heterocycles. The zero-order chi connectivity index (χ0) is 27.4. The van der Waals surface area contributed by atoms with E-state index in [0.29, 0.717) is 29.2 Å². The van der Waals surface area contributed by atoms with Crippen molar-refractivity contribution in [3.05, 3.63) is 92.0 Å². The second kappa shape index (κ2) is 11.9. The first-order valence-electron chi connectivity index (χ1n) is 11.8. The van der Waals surface area contributed by atoms with Crippen molar-refractivity contribution in [3.8, 4) is 5.75 Å². The van der Waals surface area contributed by atoms with Crippen molar-refractivity contribution in [1.82, 2.24) is 4.98 Å². The van der Waals surface area contributed by atoms with E-state index in [-0.39, 0.29) is 27.9 Å². The van der Waals surface area contributed by atoms with E-state index >= 15 is 0 Å². The Kier molecular flexibility index (Phi) is 8.62. The van der Waals surface area contributed by atoms with Crippen LogP contribution in [0, 0.1) is 10.5 Å². The molecule has 196 valence electrons. The molecule has 38 heavy (non-hydrogen) atoms. The van der Waals surface area contributed by atoms with Gasteiger partial charge in [-0.15, -0.1) is 0 Å². The number of esters is 1. The summed E-state index contributed by atoms with van der Waals surface area (Å²) in [7, 11) is 0. The zero-order valence-electron chi connectivity index (χ0n) is 20.8. The molecule has 10 heteroatoms. The summed E-state index contributed by atoms with van der Waals surface area (Å²) >= 11 is 3.11. The maximum absolute atomic E-state index is 13.4. The minimum atomic E-state index is -0.963. The van der Waals surface area contributed by atoms with Crippen LogP contribution in [0.3, 0.4) is 0 Å². The van der Waals surface area contributed by atoms with Gasteiger partial charge in [0.1, 0.15) is 23.0 Å². The minimum absolute atomic E-state index is 0.0275. The van der Waals surface area contributed by atoms with Crippen LogP contribution >= 0.6 is 33.9 Å². The van der Waals surface area contributed by atoms with Gasteiger partial charge in [0.2, 0.25) is 0 Å². The molecule has 1 aliphatic heterocycles. The minimum Gasteiger partial charge on any atom is -0.507 e. The predicted octanol–water partition coefficient (Wildman–Crippen LogP) is 5.81. The van der Waals surface area contributed by atoms with Gasteiger partial charge in [-0.25, -0.2) is 9.78 Å². The molecule has 1 unspecified atom stereocenters. The Hall–Kier alpha value is -3.51. The number of ether oxygens (including phenoxy) is 2. The molecule has 0 spiro atoms. The van der Waals surface area contributed by atoms with Gasteiger partial charge in [0.05, 0.1) is 23.9 Å². The molecule has 1 amide bonds. The van der Waals surface area contributed by atoms with Crippen LogP contribution in [0.2, 0.25) is 0 Å². The number of Topliss-reactive ketones (excluding diaryl/α,β-unsaturated/α-hetero) is 1. The molecule has 0 radical (unpaired) electrons. The number of anilines is 1. The summed E-state index contributed by atoms with van der Waals surface area (Å²) < 4.78 is 11.8. The predicted molar refractivity (Wildman–Crippen MR) is 154 cm³/mol. The monoisotopic (exact) mass is 644 g/mol. The molecule has 2 aromatic carbocycles. The second-order valence-corrected chi connectivity index (χ2v) is 10.6. The summed E-state index contributed by atoms with van der Waals surface area (Å²) in [4.78, 5) is 45.2. The third-order valence-electron chi connectivity index (χ3n) is 5.72. The molecule has 1 atom stereocenters. The largest absolute Gasteiger partial charge is 0.507 e. The molecule has 2 heterocycles. The molecule has 8 nitrogen and oxygen atoms in total. The van der Waals surface area contributed by atoms with Gasteiger partial charge in [0.25, 0.3) is 5.78 Å². The molecule has 1 aliphatic rings. The van der Waals surface area contributed by atoms with Gasteiger partial charge in [-0.2, -0.15) is 0 Å². The number of aliphatic hydroxyl groups excluding tert-OH is 1. The number of aryl methyl sites for hydroxylation is 1. The Bertz CT molecular complexity index is 1430. The molecule has 1 fully saturated rings. The van der Waals surface area contributed by atoms with Crippen LogP contribution in [0.1, 0.15) is 45.9 Å². The molecule has 3 aromatic rings. The van der Waals surface area contributed by atoms with Gasteiger partial charge in [-0.05, 0) is 65.8 Å². The number of aliphatic hydroxyl groups is 1. The lowest BCUT2D eigenvalue weighted by atomic mass is 9.95. The molecule has 1 saturated heterocycles. The lowest BCUT2D eigenvalue weighted by Crippen LogP contribution is -2.29. The van der Waals surface area contributed by atoms with Crippen LogP contribution in [0.5, 0.6) is 5.75 Å². The summed E-state index contributed by atoms with van der Waals surface area (Å²) in [6.07, 6.45) is 2.26. The summed E-state index contributed by atoms with van der Waals surface area (Å²) in [5.74, 6) is -2.09. The van der Waals surface area contributed by atoms with Crippen molar-refractivity contribution in [2.24, 2.45) is 0 Å². The quantitative estimate of drug-likeness (QED) is 0.0783. The lowest BCUT2D eigenvalue weighted by molar-refractivity contribution is -0.132. The summed E-state index contributed by atoms with van der Waals surface area (Å²) in [6.45, 7) is 7.67. The molecular weight excluding hydrogens is 619 g/mol. The van der Waals surface area contributed by atoms with Gasteiger partial charge in [-0.3, -0.25) is 14.5 Å². The van der Waals surface area contributed by atoms with Crippen molar-refractivity contribution in [2.45, 2.75) is 26.3 Å². The SMILES string of the molecule is C=CCOC(=O)c1sc(N2C(=O)C(=O)C(=C(O)c3cccc(OCCC)c3)C2c2ccc(I)cc2)nc1C. The Morgan fingerprint density at radius 2 is 1.97 bits per heavy atom. The van der Waals surface area contributed by atoms with Crippen molar-refractivity contribution in [1.29, 1.82) is 0 Å². The maximum Gasteiger partial charge on any atom is 0.350 e. The van der Waals surface area contributed by atoms with Crippen molar-refractivity contribution < 1.29 is 29.0 Å². The molecule has 0 bridgehead atoms. The average molecular weight is 644 g/mol.